The Balaban J connectivity index is 3.11. The second-order valence-corrected chi connectivity index (χ2v) is 10.5. The van der Waals surface area contributed by atoms with Gasteiger partial charge < -0.3 is 4.74 Å². The zero-order chi connectivity index (χ0) is 18.9. The molecule has 0 heterocycles. The topological polar surface area (TPSA) is 26.3 Å². The van der Waals surface area contributed by atoms with Gasteiger partial charge in [0.15, 0.2) is 0 Å². The van der Waals surface area contributed by atoms with Crippen LogP contribution in [-0.2, 0) is 9.53 Å². The lowest BCUT2D eigenvalue weighted by atomic mass is 9.60. The molecule has 1 rings (SSSR count). The van der Waals surface area contributed by atoms with Gasteiger partial charge in [-0.05, 0) is 68.1 Å². The van der Waals surface area contributed by atoms with Crippen LogP contribution in [0.2, 0.25) is 0 Å². The molecule has 1 saturated carbocycles. The van der Waals surface area contributed by atoms with E-state index < -0.39 is 0 Å². The second kappa shape index (κ2) is 7.79. The summed E-state index contributed by atoms with van der Waals surface area (Å²) in [6, 6.07) is 0. The van der Waals surface area contributed by atoms with Gasteiger partial charge in [-0.3, -0.25) is 4.79 Å². The Morgan fingerprint density at radius 2 is 1.38 bits per heavy atom. The van der Waals surface area contributed by atoms with Gasteiger partial charge in [0.2, 0.25) is 0 Å². The Morgan fingerprint density at radius 1 is 0.958 bits per heavy atom. The maximum atomic E-state index is 12.8. The van der Waals surface area contributed by atoms with E-state index in [1.165, 1.54) is 12.8 Å². The highest BCUT2D eigenvalue weighted by molar-refractivity contribution is 5.76. The quantitative estimate of drug-likeness (QED) is 0.547. The van der Waals surface area contributed by atoms with E-state index in [1.54, 1.807) is 0 Å². The molecular weight excluding hydrogens is 296 g/mol. The van der Waals surface area contributed by atoms with Crippen molar-refractivity contribution in [3.05, 3.63) is 0 Å². The van der Waals surface area contributed by atoms with Crippen molar-refractivity contribution in [2.24, 2.45) is 40.4 Å². The summed E-state index contributed by atoms with van der Waals surface area (Å²) in [5.74, 6) is 2.70. The first kappa shape index (κ1) is 21.5. The molecular formula is C22H42O2. The lowest BCUT2D eigenvalue weighted by Crippen LogP contribution is -2.48. The Kier molecular flexibility index (Phi) is 6.98. The summed E-state index contributed by atoms with van der Waals surface area (Å²) in [5, 5.41) is 0. The average Bonchev–Trinajstić information content (AvgIpc) is 2.45. The first-order chi connectivity index (χ1) is 10.8. The minimum absolute atomic E-state index is 0.0134. The van der Waals surface area contributed by atoms with Crippen LogP contribution in [0.1, 0.15) is 88.5 Å². The summed E-state index contributed by atoms with van der Waals surface area (Å²) < 4.78 is 6.22. The van der Waals surface area contributed by atoms with E-state index in [0.29, 0.717) is 35.0 Å². The van der Waals surface area contributed by atoms with E-state index in [4.69, 9.17) is 4.74 Å². The lowest BCUT2D eigenvalue weighted by Gasteiger charge is -2.49. The monoisotopic (exact) mass is 338 g/mol. The van der Waals surface area contributed by atoms with Crippen molar-refractivity contribution in [2.75, 3.05) is 0 Å². The summed E-state index contributed by atoms with van der Waals surface area (Å²) in [6.07, 6.45) is 3.24. The van der Waals surface area contributed by atoms with Crippen molar-refractivity contribution < 1.29 is 9.53 Å². The van der Waals surface area contributed by atoms with Crippen LogP contribution in [0.5, 0.6) is 0 Å². The SMILES string of the molecule is CCC(C)(C)C(=O)OC1C(C(C)C)CC(C(C)(C)C)CC1C(C)C. The van der Waals surface area contributed by atoms with Crippen LogP contribution in [0.3, 0.4) is 0 Å². The van der Waals surface area contributed by atoms with Gasteiger partial charge in [0.1, 0.15) is 6.10 Å². The molecule has 0 bridgehead atoms. The molecule has 0 N–H and O–H groups in total. The van der Waals surface area contributed by atoms with Crippen molar-refractivity contribution in [1.29, 1.82) is 0 Å². The average molecular weight is 339 g/mol. The summed E-state index contributed by atoms with van der Waals surface area (Å²) in [6.45, 7) is 22.3. The van der Waals surface area contributed by atoms with Gasteiger partial charge in [0.25, 0.3) is 0 Å². The van der Waals surface area contributed by atoms with Gasteiger partial charge in [-0.2, -0.15) is 0 Å². The molecule has 24 heavy (non-hydrogen) atoms. The minimum Gasteiger partial charge on any atom is -0.461 e. The molecule has 0 aromatic rings. The highest BCUT2D eigenvalue weighted by Gasteiger charge is 2.46. The van der Waals surface area contributed by atoms with Gasteiger partial charge in [-0.25, -0.2) is 0 Å². The first-order valence-electron chi connectivity index (χ1n) is 10.0. The second-order valence-electron chi connectivity index (χ2n) is 10.5. The van der Waals surface area contributed by atoms with E-state index in [2.05, 4.69) is 55.4 Å². The zero-order valence-corrected chi connectivity index (χ0v) is 17.9. The van der Waals surface area contributed by atoms with E-state index in [0.717, 1.165) is 6.42 Å². The summed E-state index contributed by atoms with van der Waals surface area (Å²) in [5.41, 5.74) is -0.0676. The number of ether oxygens (including phenoxy) is 1. The predicted molar refractivity (Wildman–Crippen MR) is 103 cm³/mol. The number of esters is 1. The van der Waals surface area contributed by atoms with E-state index in [9.17, 15) is 4.79 Å². The van der Waals surface area contributed by atoms with Crippen molar-refractivity contribution >= 4 is 5.97 Å². The molecule has 2 unspecified atom stereocenters. The van der Waals surface area contributed by atoms with Gasteiger partial charge in [0, 0.05) is 0 Å². The molecule has 1 fully saturated rings. The number of rotatable bonds is 5. The zero-order valence-electron chi connectivity index (χ0n) is 17.9. The van der Waals surface area contributed by atoms with Crippen LogP contribution >= 0.6 is 0 Å². The minimum atomic E-state index is -0.385. The molecule has 2 heteroatoms. The number of hydrogen-bond acceptors (Lipinski definition) is 2. The maximum absolute atomic E-state index is 12.8. The fourth-order valence-corrected chi connectivity index (χ4v) is 3.95. The largest absolute Gasteiger partial charge is 0.461 e. The number of carbonyl (C=O) groups is 1. The molecule has 0 aliphatic heterocycles. The summed E-state index contributed by atoms with van der Waals surface area (Å²) in [4.78, 5) is 12.8. The van der Waals surface area contributed by atoms with Crippen LogP contribution in [-0.4, -0.2) is 12.1 Å². The van der Waals surface area contributed by atoms with Crippen LogP contribution in [0, 0.1) is 40.4 Å². The van der Waals surface area contributed by atoms with Gasteiger partial charge in [0.05, 0.1) is 5.41 Å². The standard InChI is InChI=1S/C22H42O2/c1-11-22(9,10)20(23)24-19-17(14(2)3)12-16(21(6,7)8)13-18(19)15(4)5/h14-19H,11-13H2,1-10H3. The normalized spacial score (nSPS) is 29.2. The highest BCUT2D eigenvalue weighted by atomic mass is 16.5. The van der Waals surface area contributed by atoms with Crippen LogP contribution in [0.25, 0.3) is 0 Å². The molecule has 142 valence electrons. The highest BCUT2D eigenvalue weighted by Crippen LogP contribution is 2.48. The predicted octanol–water partition coefficient (Wildman–Crippen LogP) is 6.33. The smallest absolute Gasteiger partial charge is 0.311 e. The van der Waals surface area contributed by atoms with Crippen LogP contribution < -0.4 is 0 Å². The number of hydrogen-bond donors (Lipinski definition) is 0. The molecule has 0 radical (unpaired) electrons. The maximum Gasteiger partial charge on any atom is 0.311 e. The molecule has 0 saturated heterocycles. The third-order valence-corrected chi connectivity index (χ3v) is 6.57. The third kappa shape index (κ3) is 4.99. The van der Waals surface area contributed by atoms with Crippen molar-refractivity contribution in [1.82, 2.24) is 0 Å². The van der Waals surface area contributed by atoms with Gasteiger partial charge in [-0.15, -0.1) is 0 Å². The van der Waals surface area contributed by atoms with Gasteiger partial charge in [-0.1, -0.05) is 55.4 Å². The molecule has 1 aliphatic carbocycles. The molecule has 2 nitrogen and oxygen atoms in total. The van der Waals surface area contributed by atoms with Crippen molar-refractivity contribution in [3.8, 4) is 0 Å². The molecule has 0 amide bonds. The molecule has 0 aromatic heterocycles. The summed E-state index contributed by atoms with van der Waals surface area (Å²) >= 11 is 0. The van der Waals surface area contributed by atoms with E-state index in [1.807, 2.05) is 13.8 Å². The Hall–Kier alpha value is -0.530. The fraction of sp³-hybridized carbons (Fsp3) is 0.955. The Bertz CT molecular complexity index is 396. The van der Waals surface area contributed by atoms with E-state index in [-0.39, 0.29) is 17.5 Å². The summed E-state index contributed by atoms with van der Waals surface area (Å²) in [7, 11) is 0. The molecule has 0 aromatic carbocycles. The third-order valence-electron chi connectivity index (χ3n) is 6.57. The van der Waals surface area contributed by atoms with Crippen molar-refractivity contribution in [3.63, 3.8) is 0 Å². The fourth-order valence-electron chi connectivity index (χ4n) is 3.95. The Morgan fingerprint density at radius 3 is 1.67 bits per heavy atom. The lowest BCUT2D eigenvalue weighted by molar-refractivity contribution is -0.175. The van der Waals surface area contributed by atoms with Crippen LogP contribution in [0.15, 0.2) is 0 Å². The number of carbonyl (C=O) groups excluding carboxylic acids is 1. The van der Waals surface area contributed by atoms with Crippen molar-refractivity contribution in [2.45, 2.75) is 94.6 Å². The van der Waals surface area contributed by atoms with Crippen LogP contribution in [0.4, 0.5) is 0 Å². The first-order valence-corrected chi connectivity index (χ1v) is 10.0. The van der Waals surface area contributed by atoms with E-state index >= 15 is 0 Å². The molecule has 1 aliphatic rings. The molecule has 2 atom stereocenters. The van der Waals surface area contributed by atoms with Gasteiger partial charge >= 0.3 is 5.97 Å². The Labute approximate surface area is 151 Å². The molecule has 0 spiro atoms.